The minimum absolute atomic E-state index is 0.0380. The Balaban J connectivity index is 1.75. The van der Waals surface area contributed by atoms with Gasteiger partial charge in [-0.25, -0.2) is 4.79 Å². The molecule has 0 spiro atoms. The summed E-state index contributed by atoms with van der Waals surface area (Å²) in [6.07, 6.45) is 0. The maximum atomic E-state index is 14.0. The molecule has 0 saturated carbocycles. The Morgan fingerprint density at radius 2 is 1.64 bits per heavy atom. The largest absolute Gasteiger partial charge is 0.481 e. The molecule has 206 valence electrons. The van der Waals surface area contributed by atoms with Crippen LogP contribution in [0.4, 0.5) is 5.69 Å². The molecule has 1 aromatic heterocycles. The summed E-state index contributed by atoms with van der Waals surface area (Å²) in [5.74, 6) is -0.551. The summed E-state index contributed by atoms with van der Waals surface area (Å²) in [5.41, 5.74) is -0.626. The molecule has 11 heteroatoms. The molecule has 3 aromatic rings. The molecule has 1 aliphatic heterocycles. The van der Waals surface area contributed by atoms with E-state index in [0.717, 1.165) is 0 Å². The number of anilines is 1. The van der Waals surface area contributed by atoms with E-state index in [1.54, 1.807) is 84.9 Å². The molecule has 0 bridgehead atoms. The summed E-state index contributed by atoms with van der Waals surface area (Å²) in [4.78, 5) is 44.7. The molecule has 1 aliphatic rings. The third-order valence-electron chi connectivity index (χ3n) is 5.16. The molecular formula is C28H31N3O8. The molecule has 4 rings (SSSR count). The van der Waals surface area contributed by atoms with Gasteiger partial charge in [0.2, 0.25) is 0 Å². The van der Waals surface area contributed by atoms with E-state index in [1.807, 2.05) is 0 Å². The molecule has 2 heterocycles. The summed E-state index contributed by atoms with van der Waals surface area (Å²) < 4.78 is 27.9. The van der Waals surface area contributed by atoms with Crippen LogP contribution in [0.3, 0.4) is 0 Å². The standard InChI is InChI=1S/C28H31N3O8/c1-16-29-25(39-30-16)17-11-12-19-18(13-17)31(14-22(32)37-27(2,3)4)26(34)24-20(9-8-10-21(24)36-19)35-15-23(33)38-28(5,6)7/h8-13H,14-15H2,1-7H3. The zero-order chi connectivity index (χ0) is 28.5. The Kier molecular flexibility index (Phi) is 7.36. The molecule has 0 atom stereocenters. The van der Waals surface area contributed by atoms with Crippen molar-refractivity contribution in [2.45, 2.75) is 59.7 Å². The molecule has 0 radical (unpaired) electrons. The van der Waals surface area contributed by atoms with Crippen molar-refractivity contribution in [3.05, 3.63) is 47.8 Å². The number of hydrogen-bond acceptors (Lipinski definition) is 10. The van der Waals surface area contributed by atoms with Gasteiger partial charge in [-0.15, -0.1) is 0 Å². The number of fused-ring (bicyclic) bond motifs is 2. The number of carbonyl (C=O) groups excluding carboxylic acids is 3. The summed E-state index contributed by atoms with van der Waals surface area (Å²) in [6, 6.07) is 9.74. The first-order valence-corrected chi connectivity index (χ1v) is 12.3. The Morgan fingerprint density at radius 3 is 2.28 bits per heavy atom. The van der Waals surface area contributed by atoms with Gasteiger partial charge in [-0.3, -0.25) is 14.5 Å². The fourth-order valence-corrected chi connectivity index (χ4v) is 3.82. The summed E-state index contributed by atoms with van der Waals surface area (Å²) in [6.45, 7) is 11.3. The van der Waals surface area contributed by atoms with Crippen molar-refractivity contribution in [1.29, 1.82) is 0 Å². The molecule has 0 N–H and O–H groups in total. The second-order valence-electron chi connectivity index (χ2n) is 10.9. The highest BCUT2D eigenvalue weighted by Gasteiger charge is 2.34. The van der Waals surface area contributed by atoms with Crippen molar-refractivity contribution in [2.24, 2.45) is 0 Å². The SMILES string of the molecule is Cc1noc(-c2ccc3c(c2)N(CC(=O)OC(C)(C)C)C(=O)c2c(OCC(=O)OC(C)(C)C)cccc2O3)n1. The van der Waals surface area contributed by atoms with E-state index in [2.05, 4.69) is 10.1 Å². The first kappa shape index (κ1) is 27.6. The van der Waals surface area contributed by atoms with Crippen LogP contribution in [0.15, 0.2) is 40.9 Å². The number of rotatable bonds is 6. The number of hydrogen-bond donors (Lipinski definition) is 0. The van der Waals surface area contributed by atoms with Gasteiger partial charge in [-0.2, -0.15) is 4.98 Å². The van der Waals surface area contributed by atoms with Crippen LogP contribution in [-0.2, 0) is 19.1 Å². The minimum Gasteiger partial charge on any atom is -0.481 e. The molecule has 11 nitrogen and oxygen atoms in total. The van der Waals surface area contributed by atoms with Gasteiger partial charge in [0.1, 0.15) is 34.8 Å². The Hall–Kier alpha value is -4.41. The van der Waals surface area contributed by atoms with Crippen LogP contribution in [-0.4, -0.2) is 52.3 Å². The van der Waals surface area contributed by atoms with E-state index in [-0.39, 0.29) is 28.6 Å². The smallest absolute Gasteiger partial charge is 0.344 e. The second kappa shape index (κ2) is 10.4. The minimum atomic E-state index is -0.770. The zero-order valence-corrected chi connectivity index (χ0v) is 23.0. The van der Waals surface area contributed by atoms with E-state index in [4.69, 9.17) is 23.5 Å². The Bertz CT molecular complexity index is 1410. The number of amides is 1. The first-order chi connectivity index (χ1) is 18.2. The van der Waals surface area contributed by atoms with E-state index in [0.29, 0.717) is 17.1 Å². The molecule has 0 fully saturated rings. The average molecular weight is 538 g/mol. The normalized spacial score (nSPS) is 13.1. The lowest BCUT2D eigenvalue weighted by atomic mass is 10.1. The number of aromatic nitrogens is 2. The fraction of sp³-hybridized carbons (Fsp3) is 0.393. The van der Waals surface area contributed by atoms with E-state index in [9.17, 15) is 14.4 Å². The molecule has 39 heavy (non-hydrogen) atoms. The van der Waals surface area contributed by atoms with Crippen molar-refractivity contribution in [3.8, 4) is 28.7 Å². The van der Waals surface area contributed by atoms with Gasteiger partial charge in [-0.05, 0) is 78.8 Å². The van der Waals surface area contributed by atoms with Crippen LogP contribution in [0.25, 0.3) is 11.5 Å². The molecule has 0 aliphatic carbocycles. The van der Waals surface area contributed by atoms with E-state index >= 15 is 0 Å². The van der Waals surface area contributed by atoms with Crippen LogP contribution >= 0.6 is 0 Å². The van der Waals surface area contributed by atoms with Crippen LogP contribution in [0.2, 0.25) is 0 Å². The highest BCUT2D eigenvalue weighted by atomic mass is 16.6. The van der Waals surface area contributed by atoms with Crippen molar-refractivity contribution in [2.75, 3.05) is 18.1 Å². The van der Waals surface area contributed by atoms with Gasteiger partial charge in [0.25, 0.3) is 11.8 Å². The molecule has 0 saturated heterocycles. The number of aryl methyl sites for hydroxylation is 1. The highest BCUT2D eigenvalue weighted by molar-refractivity contribution is 6.13. The van der Waals surface area contributed by atoms with Gasteiger partial charge >= 0.3 is 11.9 Å². The number of nitrogens with zero attached hydrogens (tertiary/aromatic N) is 3. The van der Waals surface area contributed by atoms with Gasteiger partial charge < -0.3 is 23.5 Å². The number of ether oxygens (including phenoxy) is 4. The van der Waals surface area contributed by atoms with Crippen molar-refractivity contribution in [3.63, 3.8) is 0 Å². The summed E-state index contributed by atoms with van der Waals surface area (Å²) in [5, 5.41) is 3.82. The summed E-state index contributed by atoms with van der Waals surface area (Å²) >= 11 is 0. The topological polar surface area (TPSA) is 130 Å². The monoisotopic (exact) mass is 537 g/mol. The van der Waals surface area contributed by atoms with E-state index in [1.165, 1.54) is 4.90 Å². The van der Waals surface area contributed by atoms with Crippen LogP contribution in [0, 0.1) is 6.92 Å². The predicted octanol–water partition coefficient (Wildman–Crippen LogP) is 4.86. The first-order valence-electron chi connectivity index (χ1n) is 12.3. The molecule has 1 amide bonds. The average Bonchev–Trinajstić information content (AvgIpc) is 3.20. The Labute approximate surface area is 226 Å². The lowest BCUT2D eigenvalue weighted by Gasteiger charge is -2.25. The second-order valence-corrected chi connectivity index (χ2v) is 10.9. The summed E-state index contributed by atoms with van der Waals surface area (Å²) in [7, 11) is 0. The molecule has 2 aromatic carbocycles. The van der Waals surface area contributed by atoms with Crippen molar-refractivity contribution < 1.29 is 37.9 Å². The fourth-order valence-electron chi connectivity index (χ4n) is 3.82. The highest BCUT2D eigenvalue weighted by Crippen LogP contribution is 2.43. The third-order valence-corrected chi connectivity index (χ3v) is 5.16. The number of esters is 2. The van der Waals surface area contributed by atoms with Crippen molar-refractivity contribution >= 4 is 23.5 Å². The van der Waals surface area contributed by atoms with E-state index < -0.39 is 42.2 Å². The van der Waals surface area contributed by atoms with Crippen LogP contribution in [0.5, 0.6) is 17.2 Å². The quantitative estimate of drug-likeness (QED) is 0.402. The Morgan fingerprint density at radius 1 is 0.949 bits per heavy atom. The zero-order valence-electron chi connectivity index (χ0n) is 23.0. The van der Waals surface area contributed by atoms with Gasteiger partial charge in [0.15, 0.2) is 18.2 Å². The van der Waals surface area contributed by atoms with Gasteiger partial charge in [0, 0.05) is 5.56 Å². The number of carbonyl (C=O) groups is 3. The maximum Gasteiger partial charge on any atom is 0.344 e. The van der Waals surface area contributed by atoms with Crippen LogP contribution in [0.1, 0.15) is 57.7 Å². The maximum absolute atomic E-state index is 14.0. The van der Waals surface area contributed by atoms with Crippen LogP contribution < -0.4 is 14.4 Å². The third kappa shape index (κ3) is 6.73. The molecule has 0 unspecified atom stereocenters. The lowest BCUT2D eigenvalue weighted by molar-refractivity contribution is -0.157. The molecular weight excluding hydrogens is 506 g/mol. The lowest BCUT2D eigenvalue weighted by Crippen LogP contribution is -2.38. The number of benzene rings is 2. The van der Waals surface area contributed by atoms with Gasteiger partial charge in [-0.1, -0.05) is 11.2 Å². The van der Waals surface area contributed by atoms with Gasteiger partial charge in [0.05, 0.1) is 5.69 Å². The van der Waals surface area contributed by atoms with Crippen molar-refractivity contribution in [1.82, 2.24) is 10.1 Å². The predicted molar refractivity (Wildman–Crippen MR) is 140 cm³/mol.